The van der Waals surface area contributed by atoms with Gasteiger partial charge in [-0.05, 0) is 48.9 Å². The smallest absolute Gasteiger partial charge is 0.335 e. The van der Waals surface area contributed by atoms with E-state index in [0.29, 0.717) is 18.1 Å². The first kappa shape index (κ1) is 29.0. The number of carboxylic acids is 1. The molecular formula is C25H27Cl2F2N7O2. The molecule has 5 rings (SSSR count). The van der Waals surface area contributed by atoms with Gasteiger partial charge < -0.3 is 19.9 Å². The third kappa shape index (κ3) is 5.94. The Morgan fingerprint density at radius 3 is 2.58 bits per heavy atom. The highest BCUT2D eigenvalue weighted by molar-refractivity contribution is 5.91. The number of aromatic carboxylic acids is 1. The first-order valence-electron chi connectivity index (χ1n) is 11.8. The number of halogens is 4. The summed E-state index contributed by atoms with van der Waals surface area (Å²) in [7, 11) is 0. The standard InChI is InChI=1S/C25H25F2N7O2.2ClH/c1-2-15-9-28-25(29-10-15)33-7-3-4-16(11-33)12-34-13-19(27)21-22(30-14-31-23(21)34)32-20-6-5-17(24(35)36)8-18(20)26;;/h5-6,8-10,13-14,16H,2-4,7,11-12H2,1H3,(H,35,36)(H,30,31,32);2*1H/t16-;;/m0../s1. The molecule has 0 unspecified atom stereocenters. The van der Waals surface area contributed by atoms with Crippen molar-refractivity contribution in [2.45, 2.75) is 32.7 Å². The van der Waals surface area contributed by atoms with Crippen molar-refractivity contribution < 1.29 is 18.7 Å². The molecule has 9 nitrogen and oxygen atoms in total. The number of nitrogens with zero attached hydrogens (tertiary/aromatic N) is 6. The van der Waals surface area contributed by atoms with E-state index >= 15 is 4.39 Å². The number of hydrogen-bond acceptors (Lipinski definition) is 7. The van der Waals surface area contributed by atoms with Gasteiger partial charge in [-0.15, -0.1) is 24.8 Å². The van der Waals surface area contributed by atoms with E-state index < -0.39 is 17.6 Å². The quantitative estimate of drug-likeness (QED) is 0.312. The van der Waals surface area contributed by atoms with Gasteiger partial charge in [0.15, 0.2) is 5.82 Å². The molecule has 2 N–H and O–H groups in total. The summed E-state index contributed by atoms with van der Waals surface area (Å²) in [6.45, 7) is 4.21. The van der Waals surface area contributed by atoms with E-state index in [1.165, 1.54) is 24.7 Å². The molecule has 0 radical (unpaired) electrons. The number of aryl methyl sites for hydroxylation is 1. The highest BCUT2D eigenvalue weighted by Crippen LogP contribution is 2.30. The molecular weight excluding hydrogens is 539 g/mol. The zero-order valence-corrected chi connectivity index (χ0v) is 22.1. The molecule has 0 amide bonds. The minimum absolute atomic E-state index is 0. The summed E-state index contributed by atoms with van der Waals surface area (Å²) in [5.41, 5.74) is 1.29. The predicted molar refractivity (Wildman–Crippen MR) is 145 cm³/mol. The van der Waals surface area contributed by atoms with Crippen LogP contribution in [-0.2, 0) is 13.0 Å². The number of carboxylic acid groups (broad SMARTS) is 1. The molecule has 13 heteroatoms. The largest absolute Gasteiger partial charge is 0.478 e. The number of nitrogens with one attached hydrogen (secondary N) is 1. The summed E-state index contributed by atoms with van der Waals surface area (Å²) in [6, 6.07) is 3.45. The maximum Gasteiger partial charge on any atom is 0.335 e. The Hall–Kier alpha value is -3.57. The summed E-state index contributed by atoms with van der Waals surface area (Å²) in [5.74, 6) is -1.51. The molecule has 1 atom stereocenters. The summed E-state index contributed by atoms with van der Waals surface area (Å²) < 4.78 is 31.3. The lowest BCUT2D eigenvalue weighted by molar-refractivity contribution is 0.0696. The molecule has 0 spiro atoms. The molecule has 0 bridgehead atoms. The Morgan fingerprint density at radius 2 is 1.89 bits per heavy atom. The van der Waals surface area contributed by atoms with Crippen LogP contribution in [0, 0.1) is 17.6 Å². The van der Waals surface area contributed by atoms with Gasteiger partial charge in [0, 0.05) is 38.2 Å². The van der Waals surface area contributed by atoms with Gasteiger partial charge in [0.1, 0.15) is 23.6 Å². The van der Waals surface area contributed by atoms with Gasteiger partial charge >= 0.3 is 5.97 Å². The Kier molecular flexibility index (Phi) is 9.40. The molecule has 1 aliphatic rings. The third-order valence-electron chi connectivity index (χ3n) is 6.43. The van der Waals surface area contributed by atoms with E-state index in [-0.39, 0.29) is 53.2 Å². The molecule has 0 aliphatic carbocycles. The van der Waals surface area contributed by atoms with Crippen LogP contribution < -0.4 is 10.2 Å². The van der Waals surface area contributed by atoms with Gasteiger partial charge in [-0.3, -0.25) is 0 Å². The molecule has 38 heavy (non-hydrogen) atoms. The fourth-order valence-corrected chi connectivity index (χ4v) is 4.56. The zero-order valence-electron chi connectivity index (χ0n) is 20.5. The lowest BCUT2D eigenvalue weighted by atomic mass is 9.98. The van der Waals surface area contributed by atoms with Crippen LogP contribution in [0.25, 0.3) is 11.0 Å². The zero-order chi connectivity index (χ0) is 25.2. The molecule has 0 saturated carbocycles. The van der Waals surface area contributed by atoms with Crippen molar-refractivity contribution in [2.75, 3.05) is 23.3 Å². The average Bonchev–Trinajstić information content (AvgIpc) is 3.21. The molecule has 1 aromatic carbocycles. The number of piperidine rings is 1. The van der Waals surface area contributed by atoms with Crippen molar-refractivity contribution in [2.24, 2.45) is 5.92 Å². The van der Waals surface area contributed by atoms with E-state index in [9.17, 15) is 9.18 Å². The lowest BCUT2D eigenvalue weighted by Crippen LogP contribution is -2.38. The number of benzene rings is 1. The third-order valence-corrected chi connectivity index (χ3v) is 6.43. The van der Waals surface area contributed by atoms with Crippen LogP contribution in [0.4, 0.5) is 26.2 Å². The minimum atomic E-state index is -1.24. The topological polar surface area (TPSA) is 109 Å². The van der Waals surface area contributed by atoms with Crippen LogP contribution in [0.1, 0.15) is 35.7 Å². The second-order valence-corrected chi connectivity index (χ2v) is 8.87. The summed E-state index contributed by atoms with van der Waals surface area (Å²) in [6.07, 6.45) is 9.21. The van der Waals surface area contributed by atoms with E-state index in [1.54, 1.807) is 4.57 Å². The fraction of sp³-hybridized carbons (Fsp3) is 0.320. The summed E-state index contributed by atoms with van der Waals surface area (Å²) in [4.78, 5) is 30.6. The van der Waals surface area contributed by atoms with Crippen LogP contribution in [0.15, 0.2) is 43.1 Å². The molecule has 4 aromatic rings. The predicted octanol–water partition coefficient (Wildman–Crippen LogP) is 5.26. The Bertz CT molecular complexity index is 1420. The molecule has 1 aliphatic heterocycles. The van der Waals surface area contributed by atoms with Crippen LogP contribution in [-0.4, -0.2) is 48.7 Å². The maximum atomic E-state index is 15.1. The highest BCUT2D eigenvalue weighted by atomic mass is 35.5. The van der Waals surface area contributed by atoms with Gasteiger partial charge in [0.2, 0.25) is 5.95 Å². The van der Waals surface area contributed by atoms with Crippen LogP contribution in [0.2, 0.25) is 0 Å². The van der Waals surface area contributed by atoms with E-state index in [1.807, 2.05) is 12.4 Å². The Balaban J connectivity index is 0.00000200. The second-order valence-electron chi connectivity index (χ2n) is 8.87. The van der Waals surface area contributed by atoms with Crippen molar-refractivity contribution in [1.82, 2.24) is 24.5 Å². The normalized spacial score (nSPS) is 15.0. The highest BCUT2D eigenvalue weighted by Gasteiger charge is 2.24. The number of rotatable bonds is 7. The molecule has 1 saturated heterocycles. The molecule has 202 valence electrons. The SMILES string of the molecule is CCc1cnc(N2CCC[C@H](Cn3cc(F)c4c(Nc5ccc(C(=O)O)cc5F)ncnc43)C2)nc1.Cl.Cl. The number of hydrogen-bond donors (Lipinski definition) is 2. The van der Waals surface area contributed by atoms with Crippen molar-refractivity contribution in [3.05, 3.63) is 65.9 Å². The van der Waals surface area contributed by atoms with Crippen molar-refractivity contribution >= 4 is 59.3 Å². The lowest BCUT2D eigenvalue weighted by Gasteiger charge is -2.33. The van der Waals surface area contributed by atoms with Gasteiger partial charge in [-0.2, -0.15) is 0 Å². The molecule has 3 aromatic heterocycles. The minimum Gasteiger partial charge on any atom is -0.478 e. The van der Waals surface area contributed by atoms with Crippen LogP contribution in [0.5, 0.6) is 0 Å². The maximum absolute atomic E-state index is 15.1. The van der Waals surface area contributed by atoms with E-state index in [4.69, 9.17) is 5.11 Å². The summed E-state index contributed by atoms with van der Waals surface area (Å²) in [5, 5.41) is 12.0. The van der Waals surface area contributed by atoms with Crippen molar-refractivity contribution in [1.29, 1.82) is 0 Å². The number of aromatic nitrogens is 5. The molecule has 4 heterocycles. The Morgan fingerprint density at radius 1 is 1.13 bits per heavy atom. The van der Waals surface area contributed by atoms with Crippen molar-refractivity contribution in [3.8, 4) is 0 Å². The first-order chi connectivity index (χ1) is 17.4. The van der Waals surface area contributed by atoms with Gasteiger partial charge in [-0.1, -0.05) is 6.92 Å². The molecule has 1 fully saturated rings. The van der Waals surface area contributed by atoms with Gasteiger partial charge in [-0.25, -0.2) is 33.5 Å². The van der Waals surface area contributed by atoms with Crippen LogP contribution in [0.3, 0.4) is 0 Å². The average molecular weight is 566 g/mol. The summed E-state index contributed by atoms with van der Waals surface area (Å²) >= 11 is 0. The van der Waals surface area contributed by atoms with Gasteiger partial charge in [0.05, 0.1) is 16.6 Å². The van der Waals surface area contributed by atoms with Crippen molar-refractivity contribution in [3.63, 3.8) is 0 Å². The first-order valence-corrected chi connectivity index (χ1v) is 11.8. The number of anilines is 3. The second kappa shape index (κ2) is 12.3. The number of fused-ring (bicyclic) bond motifs is 1. The van der Waals surface area contributed by atoms with Crippen LogP contribution >= 0.6 is 24.8 Å². The fourth-order valence-electron chi connectivity index (χ4n) is 4.56. The Labute approximate surface area is 230 Å². The van der Waals surface area contributed by atoms with Gasteiger partial charge in [0.25, 0.3) is 0 Å². The monoisotopic (exact) mass is 565 g/mol. The van der Waals surface area contributed by atoms with E-state index in [2.05, 4.69) is 37.1 Å². The van der Waals surface area contributed by atoms with E-state index in [0.717, 1.165) is 44.0 Å². The number of carbonyl (C=O) groups is 1.